The Balaban J connectivity index is 3.25. The van der Waals surface area contributed by atoms with Crippen molar-refractivity contribution in [3.8, 4) is 0 Å². The van der Waals surface area contributed by atoms with E-state index in [0.29, 0.717) is 6.42 Å². The third kappa shape index (κ3) is 5.51. The van der Waals surface area contributed by atoms with Gasteiger partial charge in [-0.3, -0.25) is 4.79 Å². The van der Waals surface area contributed by atoms with Gasteiger partial charge in [-0.2, -0.15) is 0 Å². The molecule has 10 heavy (non-hydrogen) atoms. The van der Waals surface area contributed by atoms with Crippen molar-refractivity contribution < 1.29 is 9.90 Å². The van der Waals surface area contributed by atoms with Crippen LogP contribution in [0.5, 0.6) is 0 Å². The number of allylic oxidation sites excluding steroid dienone is 2. The Morgan fingerprint density at radius 1 is 1.50 bits per heavy atom. The Morgan fingerprint density at radius 3 is 2.70 bits per heavy atom. The first kappa shape index (κ1) is 9.37. The lowest BCUT2D eigenvalue weighted by Gasteiger charge is -1.87. The molecule has 0 aliphatic heterocycles. The number of hydrogen-bond donors (Lipinski definition) is 1. The lowest BCUT2D eigenvalue weighted by atomic mass is 10.2. The van der Waals surface area contributed by atoms with Crippen molar-refractivity contribution in [1.29, 1.82) is 0 Å². The van der Waals surface area contributed by atoms with Crippen LogP contribution in [0.3, 0.4) is 0 Å². The van der Waals surface area contributed by atoms with E-state index in [1.54, 1.807) is 0 Å². The van der Waals surface area contributed by atoms with Gasteiger partial charge in [0.1, 0.15) is 6.61 Å². The molecule has 58 valence electrons. The lowest BCUT2D eigenvalue weighted by molar-refractivity contribution is -0.120. The number of ketones is 1. The van der Waals surface area contributed by atoms with Crippen LogP contribution in [0.1, 0.15) is 26.2 Å². The summed E-state index contributed by atoms with van der Waals surface area (Å²) in [5, 5.41) is 8.31. The van der Waals surface area contributed by atoms with Gasteiger partial charge in [0.05, 0.1) is 0 Å². The minimum absolute atomic E-state index is 0.118. The molecule has 0 aliphatic rings. The van der Waals surface area contributed by atoms with Gasteiger partial charge in [-0.05, 0) is 6.42 Å². The summed E-state index contributed by atoms with van der Waals surface area (Å²) in [6.07, 6.45) is 6.26. The first-order valence-electron chi connectivity index (χ1n) is 3.58. The predicted molar refractivity (Wildman–Crippen MR) is 40.8 cm³/mol. The molecule has 0 radical (unpaired) electrons. The van der Waals surface area contributed by atoms with Crippen molar-refractivity contribution >= 4 is 5.78 Å². The van der Waals surface area contributed by atoms with E-state index in [-0.39, 0.29) is 12.4 Å². The van der Waals surface area contributed by atoms with Gasteiger partial charge in [0.25, 0.3) is 0 Å². The van der Waals surface area contributed by atoms with Crippen LogP contribution in [0.15, 0.2) is 12.2 Å². The van der Waals surface area contributed by atoms with Gasteiger partial charge in [-0.15, -0.1) is 0 Å². The maximum atomic E-state index is 10.5. The maximum Gasteiger partial charge on any atom is 0.161 e. The molecule has 0 atom stereocenters. The van der Waals surface area contributed by atoms with Crippen LogP contribution in [-0.2, 0) is 4.79 Å². The molecule has 2 heteroatoms. The van der Waals surface area contributed by atoms with Crippen LogP contribution in [-0.4, -0.2) is 17.5 Å². The van der Waals surface area contributed by atoms with Gasteiger partial charge in [0, 0.05) is 6.42 Å². The average molecular weight is 142 g/mol. The molecule has 0 fully saturated rings. The van der Waals surface area contributed by atoms with E-state index in [2.05, 4.69) is 6.92 Å². The summed E-state index contributed by atoms with van der Waals surface area (Å²) in [6, 6.07) is 0. The zero-order valence-electron chi connectivity index (χ0n) is 6.34. The summed E-state index contributed by atoms with van der Waals surface area (Å²) >= 11 is 0. The minimum atomic E-state index is -0.337. The minimum Gasteiger partial charge on any atom is -0.389 e. The summed E-state index contributed by atoms with van der Waals surface area (Å²) in [6.45, 7) is 1.74. The van der Waals surface area contributed by atoms with Gasteiger partial charge in [0.2, 0.25) is 0 Å². The van der Waals surface area contributed by atoms with Crippen molar-refractivity contribution in [3.63, 3.8) is 0 Å². The highest BCUT2D eigenvalue weighted by Crippen LogP contribution is 1.91. The van der Waals surface area contributed by atoms with E-state index < -0.39 is 0 Å². The first-order chi connectivity index (χ1) is 4.81. The quantitative estimate of drug-likeness (QED) is 0.587. The van der Waals surface area contributed by atoms with Crippen LogP contribution in [0.25, 0.3) is 0 Å². The van der Waals surface area contributed by atoms with Crippen molar-refractivity contribution in [1.82, 2.24) is 0 Å². The summed E-state index contributed by atoms with van der Waals surface area (Å²) in [5.41, 5.74) is 0. The topological polar surface area (TPSA) is 37.3 Å². The zero-order valence-corrected chi connectivity index (χ0v) is 6.34. The fourth-order valence-electron chi connectivity index (χ4n) is 0.564. The molecule has 0 saturated heterocycles. The standard InChI is InChI=1S/C8H14O2/c1-2-3-4-5-6-8(10)7-9/h4-5,9H,2-3,6-7H2,1H3/b5-4-. The van der Waals surface area contributed by atoms with E-state index in [4.69, 9.17) is 5.11 Å². The number of aliphatic hydroxyl groups is 1. The highest BCUT2D eigenvalue weighted by Gasteiger charge is 1.92. The van der Waals surface area contributed by atoms with Crippen LogP contribution < -0.4 is 0 Å². The number of Topliss-reactive ketones (excluding diaryl/α,β-unsaturated/α-hetero) is 1. The molecule has 0 spiro atoms. The van der Waals surface area contributed by atoms with Crippen molar-refractivity contribution in [2.75, 3.05) is 6.61 Å². The van der Waals surface area contributed by atoms with Crippen LogP contribution in [0.4, 0.5) is 0 Å². The predicted octanol–water partition coefficient (Wildman–Crippen LogP) is 1.29. The molecule has 0 rings (SSSR count). The second kappa shape index (κ2) is 6.49. The van der Waals surface area contributed by atoms with Crippen LogP contribution in [0, 0.1) is 0 Å². The molecule has 0 aliphatic carbocycles. The molecule has 0 bridgehead atoms. The summed E-state index contributed by atoms with van der Waals surface area (Å²) in [4.78, 5) is 10.5. The van der Waals surface area contributed by atoms with Crippen LogP contribution in [0.2, 0.25) is 0 Å². The second-order valence-electron chi connectivity index (χ2n) is 2.16. The second-order valence-corrected chi connectivity index (χ2v) is 2.16. The molecule has 0 heterocycles. The molecule has 0 aromatic heterocycles. The Hall–Kier alpha value is -0.630. The SMILES string of the molecule is CCC/C=C\CC(=O)CO. The third-order valence-corrected chi connectivity index (χ3v) is 1.14. The van der Waals surface area contributed by atoms with Crippen molar-refractivity contribution in [3.05, 3.63) is 12.2 Å². The molecule has 0 amide bonds. The molecule has 1 N–H and O–H groups in total. The van der Waals surface area contributed by atoms with E-state index in [9.17, 15) is 4.79 Å². The average Bonchev–Trinajstić information content (AvgIpc) is 1.98. The molecule has 2 nitrogen and oxygen atoms in total. The highest BCUT2D eigenvalue weighted by atomic mass is 16.3. The smallest absolute Gasteiger partial charge is 0.161 e. The van der Waals surface area contributed by atoms with Gasteiger partial charge in [-0.25, -0.2) is 0 Å². The lowest BCUT2D eigenvalue weighted by Crippen LogP contribution is -2.00. The number of hydrogen-bond acceptors (Lipinski definition) is 2. The highest BCUT2D eigenvalue weighted by molar-refractivity contribution is 5.80. The fourth-order valence-corrected chi connectivity index (χ4v) is 0.564. The largest absolute Gasteiger partial charge is 0.389 e. The monoisotopic (exact) mass is 142 g/mol. The number of rotatable bonds is 5. The third-order valence-electron chi connectivity index (χ3n) is 1.14. The number of carbonyl (C=O) groups is 1. The van der Waals surface area contributed by atoms with Gasteiger partial charge in [0.15, 0.2) is 5.78 Å². The Morgan fingerprint density at radius 2 is 2.20 bits per heavy atom. The number of unbranched alkanes of at least 4 members (excludes halogenated alkanes) is 1. The Bertz CT molecular complexity index is 116. The Kier molecular flexibility index (Phi) is 6.08. The Labute approximate surface area is 61.6 Å². The molecule has 0 saturated carbocycles. The first-order valence-corrected chi connectivity index (χ1v) is 3.58. The number of carbonyl (C=O) groups excluding carboxylic acids is 1. The van der Waals surface area contributed by atoms with Gasteiger partial charge < -0.3 is 5.11 Å². The molecule has 0 aromatic carbocycles. The van der Waals surface area contributed by atoms with E-state index in [1.807, 2.05) is 12.2 Å². The zero-order chi connectivity index (χ0) is 7.82. The normalized spacial score (nSPS) is 10.6. The van der Waals surface area contributed by atoms with E-state index >= 15 is 0 Å². The molecular formula is C8H14O2. The maximum absolute atomic E-state index is 10.5. The molecular weight excluding hydrogens is 128 g/mol. The van der Waals surface area contributed by atoms with Crippen molar-refractivity contribution in [2.45, 2.75) is 26.2 Å². The summed E-state index contributed by atoms with van der Waals surface area (Å²) in [5.74, 6) is -0.118. The van der Waals surface area contributed by atoms with E-state index in [0.717, 1.165) is 12.8 Å². The number of aliphatic hydroxyl groups excluding tert-OH is 1. The summed E-state index contributed by atoms with van der Waals surface area (Å²) in [7, 11) is 0. The molecule has 0 unspecified atom stereocenters. The summed E-state index contributed by atoms with van der Waals surface area (Å²) < 4.78 is 0. The molecule has 0 aromatic rings. The van der Waals surface area contributed by atoms with Crippen molar-refractivity contribution in [2.24, 2.45) is 0 Å². The van der Waals surface area contributed by atoms with Gasteiger partial charge in [-0.1, -0.05) is 25.5 Å². The van der Waals surface area contributed by atoms with E-state index in [1.165, 1.54) is 0 Å². The fraction of sp³-hybridized carbons (Fsp3) is 0.625. The van der Waals surface area contributed by atoms with Crippen LogP contribution >= 0.6 is 0 Å². The van der Waals surface area contributed by atoms with Gasteiger partial charge >= 0.3 is 0 Å².